The van der Waals surface area contributed by atoms with E-state index in [0.717, 1.165) is 24.2 Å². The Balaban J connectivity index is 1.61. The molecule has 1 N–H and O–H groups in total. The number of aryl methyl sites for hydroxylation is 1. The number of hydrogen-bond acceptors (Lipinski definition) is 5. The monoisotopic (exact) mass is 418 g/mol. The highest BCUT2D eigenvalue weighted by Gasteiger charge is 2.35. The zero-order valence-corrected chi connectivity index (χ0v) is 17.4. The van der Waals surface area contributed by atoms with Crippen LogP contribution < -0.4 is 19.1 Å². The fraction of sp³-hybridized carbons (Fsp3) is 0.381. The maximum absolute atomic E-state index is 12.6. The van der Waals surface area contributed by atoms with E-state index >= 15 is 0 Å². The first-order valence-electron chi connectivity index (χ1n) is 9.62. The van der Waals surface area contributed by atoms with Gasteiger partial charge in [0.25, 0.3) is 5.91 Å². The molecule has 29 heavy (non-hydrogen) atoms. The fourth-order valence-corrected chi connectivity index (χ4v) is 4.40. The van der Waals surface area contributed by atoms with Crippen LogP contribution in [-0.2, 0) is 21.2 Å². The largest absolute Gasteiger partial charge is 0.496 e. The number of nitrogens with one attached hydrogen (secondary N) is 1. The van der Waals surface area contributed by atoms with Crippen molar-refractivity contribution in [1.82, 2.24) is 5.32 Å². The van der Waals surface area contributed by atoms with Gasteiger partial charge in [0, 0.05) is 6.54 Å². The second-order valence-electron chi connectivity index (χ2n) is 6.71. The van der Waals surface area contributed by atoms with Gasteiger partial charge in [0.2, 0.25) is 10.0 Å². The van der Waals surface area contributed by atoms with Crippen molar-refractivity contribution in [3.8, 4) is 11.5 Å². The molecule has 0 aromatic heterocycles. The van der Waals surface area contributed by atoms with Gasteiger partial charge < -0.3 is 14.8 Å². The molecule has 0 saturated heterocycles. The molecule has 0 bridgehead atoms. The highest BCUT2D eigenvalue weighted by molar-refractivity contribution is 7.92. The zero-order valence-electron chi connectivity index (χ0n) is 16.6. The Kier molecular flexibility index (Phi) is 6.64. The number of benzene rings is 2. The zero-order chi connectivity index (χ0) is 20.9. The molecule has 8 heteroatoms. The van der Waals surface area contributed by atoms with E-state index in [2.05, 4.69) is 5.32 Å². The van der Waals surface area contributed by atoms with Crippen LogP contribution in [0.1, 0.15) is 18.9 Å². The Morgan fingerprint density at radius 3 is 2.69 bits per heavy atom. The van der Waals surface area contributed by atoms with Crippen LogP contribution in [0.15, 0.2) is 48.5 Å². The highest BCUT2D eigenvalue weighted by Crippen LogP contribution is 2.35. The first-order chi connectivity index (χ1) is 14.0. The number of anilines is 1. The summed E-state index contributed by atoms with van der Waals surface area (Å²) in [5.74, 6) is 0.849. The minimum Gasteiger partial charge on any atom is -0.496 e. The van der Waals surface area contributed by atoms with E-state index in [0.29, 0.717) is 18.0 Å². The third-order valence-corrected chi connectivity index (χ3v) is 6.59. The molecule has 1 aliphatic heterocycles. The van der Waals surface area contributed by atoms with Crippen LogP contribution >= 0.6 is 0 Å². The highest BCUT2D eigenvalue weighted by atomic mass is 32.2. The molecule has 0 unspecified atom stereocenters. The Bertz CT molecular complexity index is 961. The van der Waals surface area contributed by atoms with Crippen molar-refractivity contribution in [3.63, 3.8) is 0 Å². The van der Waals surface area contributed by atoms with Crippen molar-refractivity contribution < 1.29 is 22.7 Å². The smallest absolute Gasteiger partial charge is 0.263 e. The average Bonchev–Trinajstić information content (AvgIpc) is 2.75. The number of carbonyl (C=O) groups excluding carboxylic acids is 1. The van der Waals surface area contributed by atoms with E-state index in [4.69, 9.17) is 9.47 Å². The molecule has 0 saturated carbocycles. The van der Waals surface area contributed by atoms with Crippen molar-refractivity contribution in [2.45, 2.75) is 25.9 Å². The standard InChI is InChI=1S/C21H26N2O5S/c1-3-29(25,26)23-15-20(28-19-13-7-5-11-17(19)23)21(24)22-14-8-10-16-9-4-6-12-18(16)27-2/h4-7,9,11-13,20H,3,8,10,14-15H2,1-2H3,(H,22,24)/t20-/m1/s1. The molecule has 0 radical (unpaired) electrons. The van der Waals surface area contributed by atoms with Gasteiger partial charge in [-0.1, -0.05) is 30.3 Å². The number of para-hydroxylation sites is 3. The van der Waals surface area contributed by atoms with Gasteiger partial charge in [-0.3, -0.25) is 9.10 Å². The van der Waals surface area contributed by atoms with E-state index in [1.165, 1.54) is 4.31 Å². The quantitative estimate of drug-likeness (QED) is 0.666. The van der Waals surface area contributed by atoms with Gasteiger partial charge >= 0.3 is 0 Å². The first kappa shape index (κ1) is 21.0. The van der Waals surface area contributed by atoms with Crippen molar-refractivity contribution in [2.75, 3.05) is 30.3 Å². The Morgan fingerprint density at radius 1 is 1.21 bits per heavy atom. The van der Waals surface area contributed by atoms with Crippen LogP contribution in [0.2, 0.25) is 0 Å². The van der Waals surface area contributed by atoms with Crippen molar-refractivity contribution in [2.24, 2.45) is 0 Å². The van der Waals surface area contributed by atoms with E-state index in [1.54, 1.807) is 38.3 Å². The van der Waals surface area contributed by atoms with Gasteiger partial charge in [0.05, 0.1) is 25.1 Å². The number of carbonyl (C=O) groups is 1. The minimum atomic E-state index is -3.51. The predicted molar refractivity (Wildman–Crippen MR) is 112 cm³/mol. The number of fused-ring (bicyclic) bond motifs is 1. The number of methoxy groups -OCH3 is 1. The fourth-order valence-electron chi connectivity index (χ4n) is 3.27. The molecule has 1 amide bonds. The Labute approximate surface area is 171 Å². The number of rotatable bonds is 8. The van der Waals surface area contributed by atoms with Gasteiger partial charge in [-0.05, 0) is 43.5 Å². The summed E-state index contributed by atoms with van der Waals surface area (Å²) in [7, 11) is -1.88. The first-order valence-corrected chi connectivity index (χ1v) is 11.2. The summed E-state index contributed by atoms with van der Waals surface area (Å²) >= 11 is 0. The number of hydrogen-bond donors (Lipinski definition) is 1. The number of sulfonamides is 1. The molecule has 156 valence electrons. The lowest BCUT2D eigenvalue weighted by Crippen LogP contribution is -2.51. The average molecular weight is 419 g/mol. The molecule has 0 aliphatic carbocycles. The number of nitrogens with zero attached hydrogens (tertiary/aromatic N) is 1. The van der Waals surface area contributed by atoms with E-state index < -0.39 is 16.1 Å². The second-order valence-corrected chi connectivity index (χ2v) is 8.89. The van der Waals surface area contributed by atoms with Gasteiger partial charge in [-0.15, -0.1) is 0 Å². The molecule has 2 aromatic rings. The van der Waals surface area contributed by atoms with Crippen LogP contribution in [0.5, 0.6) is 11.5 Å². The lowest BCUT2D eigenvalue weighted by atomic mass is 10.1. The van der Waals surface area contributed by atoms with Crippen molar-refractivity contribution >= 4 is 21.6 Å². The lowest BCUT2D eigenvalue weighted by Gasteiger charge is -2.34. The van der Waals surface area contributed by atoms with E-state index in [1.807, 2.05) is 24.3 Å². The van der Waals surface area contributed by atoms with Crippen LogP contribution in [0.25, 0.3) is 0 Å². The van der Waals surface area contributed by atoms with Crippen LogP contribution in [-0.4, -0.2) is 46.4 Å². The van der Waals surface area contributed by atoms with Crippen LogP contribution in [0, 0.1) is 0 Å². The van der Waals surface area contributed by atoms with E-state index in [-0.39, 0.29) is 18.2 Å². The van der Waals surface area contributed by atoms with Gasteiger partial charge in [-0.2, -0.15) is 0 Å². The molecule has 3 rings (SSSR count). The minimum absolute atomic E-state index is 0.0362. The molecule has 0 fully saturated rings. The molecule has 2 aromatic carbocycles. The third kappa shape index (κ3) is 4.82. The number of amides is 1. The summed E-state index contributed by atoms with van der Waals surface area (Å²) in [4.78, 5) is 12.6. The lowest BCUT2D eigenvalue weighted by molar-refractivity contribution is -0.127. The molecule has 1 aliphatic rings. The predicted octanol–water partition coefficient (Wildman–Crippen LogP) is 2.36. The van der Waals surface area contributed by atoms with Crippen molar-refractivity contribution in [3.05, 3.63) is 54.1 Å². The Morgan fingerprint density at radius 2 is 1.93 bits per heavy atom. The van der Waals surface area contributed by atoms with Gasteiger partial charge in [-0.25, -0.2) is 8.42 Å². The van der Waals surface area contributed by atoms with Crippen LogP contribution in [0.4, 0.5) is 5.69 Å². The molecule has 1 heterocycles. The molecule has 7 nitrogen and oxygen atoms in total. The maximum Gasteiger partial charge on any atom is 0.263 e. The van der Waals surface area contributed by atoms with Crippen LogP contribution in [0.3, 0.4) is 0 Å². The summed E-state index contributed by atoms with van der Waals surface area (Å²) in [6.45, 7) is 2.00. The van der Waals surface area contributed by atoms with Gasteiger partial charge in [0.15, 0.2) is 6.10 Å². The maximum atomic E-state index is 12.6. The molecule has 1 atom stereocenters. The van der Waals surface area contributed by atoms with Crippen molar-refractivity contribution in [1.29, 1.82) is 0 Å². The normalized spacial score (nSPS) is 15.9. The van der Waals surface area contributed by atoms with Gasteiger partial charge in [0.1, 0.15) is 11.5 Å². The Hall–Kier alpha value is -2.74. The number of ether oxygens (including phenoxy) is 2. The SMILES string of the molecule is CCS(=O)(=O)N1C[C@H](C(=O)NCCCc2ccccc2OC)Oc2ccccc21. The summed E-state index contributed by atoms with van der Waals surface area (Å²) in [6, 6.07) is 14.6. The molecular weight excluding hydrogens is 392 g/mol. The molecule has 0 spiro atoms. The summed E-state index contributed by atoms with van der Waals surface area (Å²) < 4.78 is 37.4. The topological polar surface area (TPSA) is 84.9 Å². The third-order valence-electron chi connectivity index (χ3n) is 4.84. The summed E-state index contributed by atoms with van der Waals surface area (Å²) in [5.41, 5.74) is 1.54. The van der Waals surface area contributed by atoms with E-state index in [9.17, 15) is 13.2 Å². The molecular formula is C21H26N2O5S. The summed E-state index contributed by atoms with van der Waals surface area (Å²) in [5, 5.41) is 2.85. The summed E-state index contributed by atoms with van der Waals surface area (Å²) in [6.07, 6.45) is 0.596. The second kappa shape index (κ2) is 9.17.